The van der Waals surface area contributed by atoms with E-state index in [9.17, 15) is 0 Å². The minimum atomic E-state index is 0.584. The van der Waals surface area contributed by atoms with E-state index in [-0.39, 0.29) is 0 Å². The quantitative estimate of drug-likeness (QED) is 0.743. The average Bonchev–Trinajstić information content (AvgIpc) is 2.80. The number of aromatic nitrogens is 3. The van der Waals surface area contributed by atoms with Gasteiger partial charge < -0.3 is 11.1 Å². The van der Waals surface area contributed by atoms with Crippen LogP contribution < -0.4 is 11.1 Å². The zero-order valence-corrected chi connectivity index (χ0v) is 8.82. The molecule has 3 rings (SSSR count). The molecular weight excluding hydrogens is 190 g/mol. The van der Waals surface area contributed by atoms with Crippen molar-refractivity contribution in [3.8, 4) is 0 Å². The van der Waals surface area contributed by atoms with Gasteiger partial charge >= 0.3 is 0 Å². The summed E-state index contributed by atoms with van der Waals surface area (Å²) in [6.45, 7) is 1.68. The van der Waals surface area contributed by atoms with Gasteiger partial charge in [0.25, 0.3) is 0 Å². The number of hydrogen-bond acceptors (Lipinski definition) is 4. The van der Waals surface area contributed by atoms with Gasteiger partial charge in [0.2, 0.25) is 5.95 Å². The Bertz CT molecular complexity index is 359. The molecule has 0 spiro atoms. The molecule has 2 heterocycles. The number of anilines is 1. The van der Waals surface area contributed by atoms with Gasteiger partial charge in [-0.05, 0) is 25.3 Å². The number of nitrogens with one attached hydrogen (secondary N) is 1. The van der Waals surface area contributed by atoms with Crippen LogP contribution in [0.3, 0.4) is 0 Å². The molecule has 1 saturated carbocycles. The highest BCUT2D eigenvalue weighted by Gasteiger charge is 2.34. The Morgan fingerprint density at radius 2 is 2.40 bits per heavy atom. The summed E-state index contributed by atoms with van der Waals surface area (Å²) in [5, 5.41) is 7.91. The molecule has 82 valence electrons. The predicted molar refractivity (Wildman–Crippen MR) is 57.6 cm³/mol. The fraction of sp³-hybridized carbons (Fsp3) is 0.800. The second-order valence-corrected chi connectivity index (χ2v) is 4.47. The Labute approximate surface area is 89.1 Å². The standard InChI is InChI=1S/C10H17N5/c11-5-4-9-13-10-12-6-7-2-1-3-8(7)15(10)14-9/h7-8H,1-6,11H2,(H,12,13,14). The van der Waals surface area contributed by atoms with E-state index < -0.39 is 0 Å². The molecule has 1 aliphatic heterocycles. The normalized spacial score (nSPS) is 28.3. The molecule has 3 N–H and O–H groups in total. The summed E-state index contributed by atoms with van der Waals surface area (Å²) in [6, 6.07) is 0.584. The minimum absolute atomic E-state index is 0.584. The van der Waals surface area contributed by atoms with Crippen LogP contribution in [0.2, 0.25) is 0 Å². The van der Waals surface area contributed by atoms with E-state index in [2.05, 4.69) is 20.1 Å². The van der Waals surface area contributed by atoms with Gasteiger partial charge in [-0.25, -0.2) is 4.68 Å². The van der Waals surface area contributed by atoms with Gasteiger partial charge in [0.05, 0.1) is 6.04 Å². The van der Waals surface area contributed by atoms with Crippen molar-refractivity contribution < 1.29 is 0 Å². The summed E-state index contributed by atoms with van der Waals surface area (Å²) >= 11 is 0. The third-order valence-electron chi connectivity index (χ3n) is 3.50. The first-order valence-electron chi connectivity index (χ1n) is 5.78. The van der Waals surface area contributed by atoms with E-state index in [1.54, 1.807) is 0 Å². The SMILES string of the molecule is NCCc1nc2n(n1)C1CCCC1CN2. The number of rotatable bonds is 2. The van der Waals surface area contributed by atoms with Crippen LogP contribution in [-0.2, 0) is 6.42 Å². The second-order valence-electron chi connectivity index (χ2n) is 4.47. The van der Waals surface area contributed by atoms with Crippen molar-refractivity contribution in [3.05, 3.63) is 5.82 Å². The molecule has 2 unspecified atom stereocenters. The smallest absolute Gasteiger partial charge is 0.221 e. The molecular formula is C10H17N5. The van der Waals surface area contributed by atoms with Crippen LogP contribution in [0.5, 0.6) is 0 Å². The van der Waals surface area contributed by atoms with Gasteiger partial charge in [0.15, 0.2) is 5.82 Å². The largest absolute Gasteiger partial charge is 0.354 e. The topological polar surface area (TPSA) is 68.8 Å². The highest BCUT2D eigenvalue weighted by molar-refractivity contribution is 5.29. The molecule has 0 bridgehead atoms. The maximum Gasteiger partial charge on any atom is 0.221 e. The molecule has 15 heavy (non-hydrogen) atoms. The van der Waals surface area contributed by atoms with Gasteiger partial charge in [0, 0.05) is 13.0 Å². The zero-order valence-electron chi connectivity index (χ0n) is 8.82. The second kappa shape index (κ2) is 3.48. The first-order valence-corrected chi connectivity index (χ1v) is 5.78. The lowest BCUT2D eigenvalue weighted by Crippen LogP contribution is -2.29. The van der Waals surface area contributed by atoms with E-state index >= 15 is 0 Å². The third kappa shape index (κ3) is 1.42. The number of nitrogens with zero attached hydrogens (tertiary/aromatic N) is 3. The molecule has 2 aliphatic rings. The summed E-state index contributed by atoms with van der Waals surface area (Å²) < 4.78 is 2.09. The lowest BCUT2D eigenvalue weighted by molar-refractivity contribution is 0.345. The fourth-order valence-electron chi connectivity index (χ4n) is 2.75. The summed E-state index contributed by atoms with van der Waals surface area (Å²) in [5.74, 6) is 2.58. The summed E-state index contributed by atoms with van der Waals surface area (Å²) in [7, 11) is 0. The van der Waals surface area contributed by atoms with Gasteiger partial charge in [0.1, 0.15) is 0 Å². The Morgan fingerprint density at radius 3 is 3.27 bits per heavy atom. The van der Waals surface area contributed by atoms with Crippen molar-refractivity contribution in [3.63, 3.8) is 0 Å². The molecule has 1 aromatic rings. The van der Waals surface area contributed by atoms with Gasteiger partial charge in [-0.1, -0.05) is 6.42 Å². The van der Waals surface area contributed by atoms with E-state index in [4.69, 9.17) is 5.73 Å². The maximum atomic E-state index is 5.52. The van der Waals surface area contributed by atoms with E-state index in [0.29, 0.717) is 12.6 Å². The first kappa shape index (κ1) is 9.15. The predicted octanol–water partition coefficient (Wildman–Crippen LogP) is 0.546. The van der Waals surface area contributed by atoms with Crippen molar-refractivity contribution >= 4 is 5.95 Å². The minimum Gasteiger partial charge on any atom is -0.354 e. The van der Waals surface area contributed by atoms with Crippen LogP contribution in [0.15, 0.2) is 0 Å². The Balaban J connectivity index is 1.92. The van der Waals surface area contributed by atoms with Crippen LogP contribution in [-0.4, -0.2) is 27.9 Å². The highest BCUT2D eigenvalue weighted by Crippen LogP contribution is 2.39. The average molecular weight is 207 g/mol. The Kier molecular flexibility index (Phi) is 2.12. The molecule has 1 aromatic heterocycles. The first-order chi connectivity index (χ1) is 7.38. The molecule has 0 aromatic carbocycles. The van der Waals surface area contributed by atoms with Crippen LogP contribution >= 0.6 is 0 Å². The molecule has 2 atom stereocenters. The van der Waals surface area contributed by atoms with E-state index in [1.165, 1.54) is 19.3 Å². The van der Waals surface area contributed by atoms with E-state index in [1.807, 2.05) is 0 Å². The van der Waals surface area contributed by atoms with E-state index in [0.717, 1.165) is 30.7 Å². The molecule has 0 amide bonds. The highest BCUT2D eigenvalue weighted by atomic mass is 15.4. The van der Waals surface area contributed by atoms with Crippen LogP contribution in [0.4, 0.5) is 5.95 Å². The molecule has 5 heteroatoms. The van der Waals surface area contributed by atoms with Crippen LogP contribution in [0, 0.1) is 5.92 Å². The van der Waals surface area contributed by atoms with Gasteiger partial charge in [-0.15, -0.1) is 0 Å². The van der Waals surface area contributed by atoms with Crippen molar-refractivity contribution in [1.82, 2.24) is 14.8 Å². The lowest BCUT2D eigenvalue weighted by atomic mass is 10.0. The van der Waals surface area contributed by atoms with Crippen LogP contribution in [0.1, 0.15) is 31.1 Å². The molecule has 1 aliphatic carbocycles. The molecule has 0 saturated heterocycles. The molecule has 0 radical (unpaired) electrons. The van der Waals surface area contributed by atoms with Gasteiger partial charge in [-0.2, -0.15) is 10.1 Å². The summed E-state index contributed by atoms with van der Waals surface area (Å²) in [5.41, 5.74) is 5.52. The van der Waals surface area contributed by atoms with Crippen molar-refractivity contribution in [2.24, 2.45) is 11.7 Å². The molecule has 5 nitrogen and oxygen atoms in total. The Hall–Kier alpha value is -1.10. The zero-order chi connectivity index (χ0) is 10.3. The monoisotopic (exact) mass is 207 g/mol. The van der Waals surface area contributed by atoms with Crippen molar-refractivity contribution in [2.75, 3.05) is 18.4 Å². The molecule has 1 fully saturated rings. The number of hydrogen-bond donors (Lipinski definition) is 2. The van der Waals surface area contributed by atoms with Gasteiger partial charge in [-0.3, -0.25) is 0 Å². The maximum absolute atomic E-state index is 5.52. The summed E-state index contributed by atoms with van der Waals surface area (Å²) in [6.07, 6.45) is 4.68. The lowest BCUT2D eigenvalue weighted by Gasteiger charge is -2.26. The summed E-state index contributed by atoms with van der Waals surface area (Å²) in [4.78, 5) is 4.46. The number of fused-ring (bicyclic) bond motifs is 3. The Morgan fingerprint density at radius 1 is 1.47 bits per heavy atom. The fourth-order valence-corrected chi connectivity index (χ4v) is 2.75. The number of nitrogens with two attached hydrogens (primary N) is 1. The van der Waals surface area contributed by atoms with Crippen molar-refractivity contribution in [1.29, 1.82) is 0 Å². The third-order valence-corrected chi connectivity index (χ3v) is 3.50. The van der Waals surface area contributed by atoms with Crippen LogP contribution in [0.25, 0.3) is 0 Å². The van der Waals surface area contributed by atoms with Crippen molar-refractivity contribution in [2.45, 2.75) is 31.7 Å².